The van der Waals surface area contributed by atoms with Crippen molar-refractivity contribution in [1.29, 1.82) is 0 Å². The first kappa shape index (κ1) is 13.3. The second-order valence-electron chi connectivity index (χ2n) is 4.71. The quantitative estimate of drug-likeness (QED) is 0.858. The summed E-state index contributed by atoms with van der Waals surface area (Å²) in [5.74, 6) is -0.476. The van der Waals surface area contributed by atoms with Gasteiger partial charge in [0.05, 0.1) is 6.04 Å². The standard InChI is InChI=1S/C15H12BrFN2O/c16-10-3-1-9(2-4-10)14-13(18)15(20)19(14)12-7-5-11(17)6-8-12/h1-8,13-14H,18H2/t13-,14+/m0/s1. The van der Waals surface area contributed by atoms with E-state index in [-0.39, 0.29) is 17.8 Å². The van der Waals surface area contributed by atoms with Crippen LogP contribution in [0, 0.1) is 5.82 Å². The van der Waals surface area contributed by atoms with E-state index in [0.717, 1.165) is 10.0 Å². The van der Waals surface area contributed by atoms with Crippen LogP contribution in [-0.2, 0) is 4.79 Å². The van der Waals surface area contributed by atoms with Crippen molar-refractivity contribution in [3.05, 3.63) is 64.4 Å². The molecule has 1 aliphatic heterocycles. The maximum Gasteiger partial charge on any atom is 0.247 e. The van der Waals surface area contributed by atoms with Crippen LogP contribution < -0.4 is 10.6 Å². The zero-order chi connectivity index (χ0) is 14.3. The molecular formula is C15H12BrFN2O. The van der Waals surface area contributed by atoms with Gasteiger partial charge in [0.25, 0.3) is 0 Å². The van der Waals surface area contributed by atoms with Crippen LogP contribution >= 0.6 is 15.9 Å². The summed E-state index contributed by atoms with van der Waals surface area (Å²) in [6.07, 6.45) is 0. The van der Waals surface area contributed by atoms with Gasteiger partial charge in [0.2, 0.25) is 5.91 Å². The Bertz CT molecular complexity index is 642. The molecule has 1 heterocycles. The van der Waals surface area contributed by atoms with E-state index in [2.05, 4.69) is 15.9 Å². The molecule has 2 aromatic rings. The van der Waals surface area contributed by atoms with Crippen molar-refractivity contribution >= 4 is 27.5 Å². The number of anilines is 1. The number of nitrogens with zero attached hydrogens (tertiary/aromatic N) is 1. The first-order valence-corrected chi connectivity index (χ1v) is 6.97. The molecule has 3 rings (SSSR count). The molecule has 0 aliphatic carbocycles. The molecule has 0 spiro atoms. The Balaban J connectivity index is 1.95. The van der Waals surface area contributed by atoms with E-state index < -0.39 is 6.04 Å². The first-order valence-electron chi connectivity index (χ1n) is 6.17. The van der Waals surface area contributed by atoms with Crippen LogP contribution in [0.2, 0.25) is 0 Å². The highest BCUT2D eigenvalue weighted by atomic mass is 79.9. The van der Waals surface area contributed by atoms with Crippen LogP contribution in [0.25, 0.3) is 0 Å². The topological polar surface area (TPSA) is 46.3 Å². The molecule has 0 bridgehead atoms. The van der Waals surface area contributed by atoms with E-state index in [1.165, 1.54) is 12.1 Å². The summed E-state index contributed by atoms with van der Waals surface area (Å²) < 4.78 is 13.9. The summed E-state index contributed by atoms with van der Waals surface area (Å²) in [6, 6.07) is 12.8. The van der Waals surface area contributed by atoms with Crippen LogP contribution in [-0.4, -0.2) is 11.9 Å². The summed E-state index contributed by atoms with van der Waals surface area (Å²) in [6.45, 7) is 0. The first-order chi connectivity index (χ1) is 9.58. The van der Waals surface area contributed by atoms with E-state index >= 15 is 0 Å². The lowest BCUT2D eigenvalue weighted by molar-refractivity contribution is -0.126. The molecule has 1 aliphatic rings. The summed E-state index contributed by atoms with van der Waals surface area (Å²) in [5.41, 5.74) is 7.54. The molecule has 0 saturated carbocycles. The van der Waals surface area contributed by atoms with Crippen molar-refractivity contribution in [2.45, 2.75) is 12.1 Å². The number of nitrogens with two attached hydrogens (primary N) is 1. The minimum atomic E-state index is -0.554. The molecule has 20 heavy (non-hydrogen) atoms. The van der Waals surface area contributed by atoms with Crippen LogP contribution in [0.5, 0.6) is 0 Å². The molecule has 2 N–H and O–H groups in total. The minimum absolute atomic E-state index is 0.149. The predicted molar refractivity (Wildman–Crippen MR) is 78.7 cm³/mol. The Hall–Kier alpha value is -1.72. The second kappa shape index (κ2) is 5.00. The Labute approximate surface area is 124 Å². The Morgan fingerprint density at radius 2 is 1.65 bits per heavy atom. The van der Waals surface area contributed by atoms with E-state index in [0.29, 0.717) is 5.69 Å². The van der Waals surface area contributed by atoms with Gasteiger partial charge in [-0.15, -0.1) is 0 Å². The molecule has 0 aromatic heterocycles. The fourth-order valence-corrected chi connectivity index (χ4v) is 2.68. The summed E-state index contributed by atoms with van der Waals surface area (Å²) in [5, 5.41) is 0. The number of rotatable bonds is 2. The van der Waals surface area contributed by atoms with Gasteiger partial charge >= 0.3 is 0 Å². The molecular weight excluding hydrogens is 323 g/mol. The lowest BCUT2D eigenvalue weighted by Crippen LogP contribution is -2.63. The Morgan fingerprint density at radius 3 is 2.25 bits per heavy atom. The SMILES string of the molecule is N[C@@H]1C(=O)N(c2ccc(F)cc2)[C@@H]1c1ccc(Br)cc1. The van der Waals surface area contributed by atoms with Gasteiger partial charge in [0.15, 0.2) is 0 Å². The molecule has 2 atom stereocenters. The average Bonchev–Trinajstić information content (AvgIpc) is 2.46. The third kappa shape index (κ3) is 2.13. The number of hydrogen-bond acceptors (Lipinski definition) is 2. The summed E-state index contributed by atoms with van der Waals surface area (Å²) >= 11 is 3.38. The molecule has 0 unspecified atom stereocenters. The maximum atomic E-state index is 13.0. The fourth-order valence-electron chi connectivity index (χ4n) is 2.42. The van der Waals surface area contributed by atoms with E-state index in [9.17, 15) is 9.18 Å². The largest absolute Gasteiger partial charge is 0.318 e. The van der Waals surface area contributed by atoms with Crippen LogP contribution in [0.1, 0.15) is 11.6 Å². The molecule has 3 nitrogen and oxygen atoms in total. The predicted octanol–water partition coefficient (Wildman–Crippen LogP) is 3.00. The smallest absolute Gasteiger partial charge is 0.247 e. The number of benzene rings is 2. The van der Waals surface area contributed by atoms with Gasteiger partial charge in [-0.25, -0.2) is 4.39 Å². The minimum Gasteiger partial charge on any atom is -0.318 e. The van der Waals surface area contributed by atoms with Crippen molar-refractivity contribution in [3.63, 3.8) is 0 Å². The molecule has 102 valence electrons. The normalized spacial score (nSPS) is 21.8. The third-order valence-corrected chi connectivity index (χ3v) is 3.99. The van der Waals surface area contributed by atoms with Crippen molar-refractivity contribution in [2.75, 3.05) is 4.90 Å². The third-order valence-electron chi connectivity index (χ3n) is 3.46. The lowest BCUT2D eigenvalue weighted by atomic mass is 9.88. The van der Waals surface area contributed by atoms with Gasteiger partial charge in [-0.1, -0.05) is 28.1 Å². The zero-order valence-electron chi connectivity index (χ0n) is 10.5. The molecule has 2 aromatic carbocycles. The highest BCUT2D eigenvalue weighted by Crippen LogP contribution is 2.38. The number of carbonyl (C=O) groups excluding carboxylic acids is 1. The number of halogens is 2. The van der Waals surface area contributed by atoms with Gasteiger partial charge in [-0.05, 0) is 42.0 Å². The van der Waals surface area contributed by atoms with Gasteiger partial charge in [-0.3, -0.25) is 4.79 Å². The number of carbonyl (C=O) groups is 1. The van der Waals surface area contributed by atoms with Gasteiger partial charge in [0, 0.05) is 10.2 Å². The van der Waals surface area contributed by atoms with E-state index in [1.54, 1.807) is 17.0 Å². The van der Waals surface area contributed by atoms with E-state index in [1.807, 2.05) is 24.3 Å². The van der Waals surface area contributed by atoms with Crippen molar-refractivity contribution in [3.8, 4) is 0 Å². The number of β-lactam (4-membered cyclic amide) rings is 1. The van der Waals surface area contributed by atoms with Gasteiger partial charge in [-0.2, -0.15) is 0 Å². The molecule has 1 saturated heterocycles. The van der Waals surface area contributed by atoms with Crippen LogP contribution in [0.4, 0.5) is 10.1 Å². The highest BCUT2D eigenvalue weighted by Gasteiger charge is 2.46. The summed E-state index contributed by atoms with van der Waals surface area (Å²) in [4.78, 5) is 13.6. The summed E-state index contributed by atoms with van der Waals surface area (Å²) in [7, 11) is 0. The van der Waals surface area contributed by atoms with Crippen molar-refractivity contribution in [1.82, 2.24) is 0 Å². The van der Waals surface area contributed by atoms with Crippen molar-refractivity contribution < 1.29 is 9.18 Å². The fraction of sp³-hybridized carbons (Fsp3) is 0.133. The average molecular weight is 335 g/mol. The van der Waals surface area contributed by atoms with Crippen LogP contribution in [0.3, 0.4) is 0 Å². The van der Waals surface area contributed by atoms with Gasteiger partial charge in [0.1, 0.15) is 11.9 Å². The number of hydrogen-bond donors (Lipinski definition) is 1. The second-order valence-corrected chi connectivity index (χ2v) is 5.62. The highest BCUT2D eigenvalue weighted by molar-refractivity contribution is 9.10. The molecule has 5 heteroatoms. The monoisotopic (exact) mass is 334 g/mol. The molecule has 1 amide bonds. The Morgan fingerprint density at radius 1 is 1.05 bits per heavy atom. The van der Waals surface area contributed by atoms with Gasteiger partial charge < -0.3 is 10.6 Å². The maximum absolute atomic E-state index is 13.0. The van der Waals surface area contributed by atoms with Crippen LogP contribution in [0.15, 0.2) is 53.0 Å². The number of amides is 1. The molecule has 0 radical (unpaired) electrons. The zero-order valence-corrected chi connectivity index (χ0v) is 12.0. The molecule has 1 fully saturated rings. The lowest BCUT2D eigenvalue weighted by Gasteiger charge is -2.45. The Kier molecular flexibility index (Phi) is 3.31. The van der Waals surface area contributed by atoms with Crippen molar-refractivity contribution in [2.24, 2.45) is 5.73 Å². The van der Waals surface area contributed by atoms with E-state index in [4.69, 9.17) is 5.73 Å².